The smallest absolute Gasteiger partial charge is 0.221 e. The molecule has 0 spiro atoms. The van der Waals surface area contributed by atoms with Gasteiger partial charge in [0, 0.05) is 21.2 Å². The lowest BCUT2D eigenvalue weighted by Gasteiger charge is -2.10. The van der Waals surface area contributed by atoms with E-state index in [-0.39, 0.29) is 0 Å². The fourth-order valence-corrected chi connectivity index (χ4v) is 2.70. The zero-order valence-corrected chi connectivity index (χ0v) is 15.0. The lowest BCUT2D eigenvalue weighted by molar-refractivity contribution is 0.306. The van der Waals surface area contributed by atoms with Gasteiger partial charge >= 0.3 is 0 Å². The van der Waals surface area contributed by atoms with E-state index in [2.05, 4.69) is 10.1 Å². The third kappa shape index (κ3) is 4.32. The number of ether oxygens (including phenoxy) is 1. The molecule has 0 saturated carbocycles. The van der Waals surface area contributed by atoms with E-state index in [9.17, 15) is 0 Å². The maximum Gasteiger partial charge on any atom is 0.221 e. The Kier molecular flexibility index (Phi) is 5.26. The number of aromatic nitrogens is 2. The maximum atomic E-state index is 6.18. The van der Waals surface area contributed by atoms with Crippen LogP contribution in [-0.4, -0.2) is 15.9 Å². The average molecular weight is 375 g/mol. The Bertz CT molecular complexity index is 921. The van der Waals surface area contributed by atoms with Gasteiger partial charge in [0.1, 0.15) is 12.4 Å². The number of nitrogens with zero attached hydrogens (tertiary/aromatic N) is 3. The molecule has 0 aliphatic rings. The molecule has 2 N–H and O–H groups in total. The van der Waals surface area contributed by atoms with Crippen LogP contribution < -0.4 is 10.5 Å². The number of hydrogen-bond donors (Lipinski definition) is 1. The summed E-state index contributed by atoms with van der Waals surface area (Å²) in [5.41, 5.74) is 8.26. The van der Waals surface area contributed by atoms with Crippen molar-refractivity contribution in [1.82, 2.24) is 9.66 Å². The molecule has 7 heteroatoms. The number of imidazole rings is 1. The van der Waals surface area contributed by atoms with E-state index in [4.69, 9.17) is 33.7 Å². The molecule has 128 valence electrons. The second-order valence-corrected chi connectivity index (χ2v) is 6.24. The Morgan fingerprint density at radius 3 is 2.76 bits per heavy atom. The molecule has 0 aliphatic carbocycles. The van der Waals surface area contributed by atoms with Crippen LogP contribution in [-0.2, 0) is 6.61 Å². The maximum absolute atomic E-state index is 6.18. The number of rotatable bonds is 5. The van der Waals surface area contributed by atoms with Crippen LogP contribution in [0.15, 0.2) is 53.8 Å². The number of benzene rings is 2. The van der Waals surface area contributed by atoms with Gasteiger partial charge in [0.2, 0.25) is 5.95 Å². The van der Waals surface area contributed by atoms with Gasteiger partial charge in [-0.1, -0.05) is 41.4 Å². The van der Waals surface area contributed by atoms with Crippen molar-refractivity contribution < 1.29 is 4.74 Å². The molecule has 3 rings (SSSR count). The van der Waals surface area contributed by atoms with Gasteiger partial charge in [-0.2, -0.15) is 5.10 Å². The van der Waals surface area contributed by atoms with Crippen molar-refractivity contribution in [3.05, 3.63) is 75.5 Å². The molecule has 0 unspecified atom stereocenters. The summed E-state index contributed by atoms with van der Waals surface area (Å²) < 4.78 is 7.41. The molecule has 2 aromatic carbocycles. The highest BCUT2D eigenvalue weighted by Crippen LogP contribution is 2.24. The van der Waals surface area contributed by atoms with E-state index in [1.807, 2.05) is 37.3 Å². The molecule has 0 saturated heterocycles. The van der Waals surface area contributed by atoms with Gasteiger partial charge in [-0.15, -0.1) is 0 Å². The van der Waals surface area contributed by atoms with Gasteiger partial charge in [0.15, 0.2) is 0 Å². The van der Waals surface area contributed by atoms with E-state index >= 15 is 0 Å². The number of para-hydroxylation sites is 1. The lowest BCUT2D eigenvalue weighted by Crippen LogP contribution is -2.00. The highest BCUT2D eigenvalue weighted by atomic mass is 35.5. The second kappa shape index (κ2) is 7.59. The van der Waals surface area contributed by atoms with Crippen LogP contribution >= 0.6 is 23.2 Å². The quantitative estimate of drug-likeness (QED) is 0.666. The topological polar surface area (TPSA) is 65.4 Å². The summed E-state index contributed by atoms with van der Waals surface area (Å²) in [6, 6.07) is 12.9. The van der Waals surface area contributed by atoms with E-state index in [0.717, 1.165) is 16.8 Å². The van der Waals surface area contributed by atoms with Crippen LogP contribution in [0.25, 0.3) is 0 Å². The molecule has 0 amide bonds. The normalized spacial score (nSPS) is 11.2. The van der Waals surface area contributed by atoms with Gasteiger partial charge in [-0.25, -0.2) is 9.66 Å². The molecule has 0 bridgehead atoms. The Morgan fingerprint density at radius 1 is 1.24 bits per heavy atom. The van der Waals surface area contributed by atoms with E-state index in [0.29, 0.717) is 28.3 Å². The van der Waals surface area contributed by atoms with E-state index in [1.165, 1.54) is 4.68 Å². The Labute approximate surface area is 155 Å². The molecule has 1 heterocycles. The van der Waals surface area contributed by atoms with Crippen molar-refractivity contribution in [3.63, 3.8) is 0 Å². The van der Waals surface area contributed by atoms with Gasteiger partial charge in [-0.3, -0.25) is 0 Å². The predicted molar refractivity (Wildman–Crippen MR) is 102 cm³/mol. The average Bonchev–Trinajstić information content (AvgIpc) is 2.90. The summed E-state index contributed by atoms with van der Waals surface area (Å²) in [4.78, 5) is 4.11. The second-order valence-electron chi connectivity index (χ2n) is 5.39. The summed E-state index contributed by atoms with van der Waals surface area (Å²) in [5, 5.41) is 5.48. The largest absolute Gasteiger partial charge is 0.488 e. The molecule has 0 fully saturated rings. The van der Waals surface area contributed by atoms with Gasteiger partial charge in [-0.05, 0) is 31.2 Å². The fourth-order valence-electron chi connectivity index (χ4n) is 2.23. The number of aryl methyl sites for hydroxylation is 1. The van der Waals surface area contributed by atoms with Crippen LogP contribution in [0, 0.1) is 6.92 Å². The molecule has 0 aliphatic heterocycles. The Balaban J connectivity index is 1.78. The van der Waals surface area contributed by atoms with Crippen molar-refractivity contribution in [2.75, 3.05) is 5.73 Å². The molecule has 3 aromatic rings. The standard InChI is InChI=1S/C18H16Cl2N4O/c1-12-10-24(18(21)23-12)22-9-13-4-2-3-5-17(13)25-11-14-6-7-15(19)8-16(14)20/h2-10H,11H2,1H3,(H2,21,23). The first-order valence-electron chi connectivity index (χ1n) is 7.54. The molecule has 0 radical (unpaired) electrons. The van der Waals surface area contributed by atoms with Crippen LogP contribution in [0.5, 0.6) is 5.75 Å². The summed E-state index contributed by atoms with van der Waals surface area (Å²) in [6.45, 7) is 2.18. The SMILES string of the molecule is Cc1cn(N=Cc2ccccc2OCc2ccc(Cl)cc2Cl)c(N)n1. The molecule has 5 nitrogen and oxygen atoms in total. The molecular weight excluding hydrogens is 359 g/mol. The van der Waals surface area contributed by atoms with Crippen LogP contribution in [0.2, 0.25) is 10.0 Å². The fraction of sp³-hybridized carbons (Fsp3) is 0.111. The number of halogens is 2. The number of nitrogens with two attached hydrogens (primary N) is 1. The van der Waals surface area contributed by atoms with Gasteiger partial charge in [0.25, 0.3) is 0 Å². The monoisotopic (exact) mass is 374 g/mol. The highest BCUT2D eigenvalue weighted by Gasteiger charge is 2.06. The van der Waals surface area contributed by atoms with Gasteiger partial charge < -0.3 is 10.5 Å². The van der Waals surface area contributed by atoms with E-state index in [1.54, 1.807) is 24.5 Å². The summed E-state index contributed by atoms with van der Waals surface area (Å²) >= 11 is 12.1. The minimum atomic E-state index is 0.327. The molecule has 0 atom stereocenters. The van der Waals surface area contributed by atoms with Crippen LogP contribution in [0.3, 0.4) is 0 Å². The van der Waals surface area contributed by atoms with Crippen molar-refractivity contribution in [1.29, 1.82) is 0 Å². The number of anilines is 1. The highest BCUT2D eigenvalue weighted by molar-refractivity contribution is 6.35. The molecule has 1 aromatic heterocycles. The molecule has 25 heavy (non-hydrogen) atoms. The Hall–Kier alpha value is -2.50. The first-order valence-corrected chi connectivity index (χ1v) is 8.30. The summed E-state index contributed by atoms with van der Waals surface area (Å²) in [7, 11) is 0. The van der Waals surface area contributed by atoms with Crippen LogP contribution in [0.1, 0.15) is 16.8 Å². The Morgan fingerprint density at radius 2 is 2.04 bits per heavy atom. The summed E-state index contributed by atoms with van der Waals surface area (Å²) in [6.07, 6.45) is 3.43. The predicted octanol–water partition coefficient (Wildman–Crippen LogP) is 4.54. The first-order chi connectivity index (χ1) is 12.0. The minimum absolute atomic E-state index is 0.327. The lowest BCUT2D eigenvalue weighted by atomic mass is 10.2. The number of nitrogen functional groups attached to an aromatic ring is 1. The molecular formula is C18H16Cl2N4O. The van der Waals surface area contributed by atoms with E-state index < -0.39 is 0 Å². The third-order valence-electron chi connectivity index (χ3n) is 3.47. The van der Waals surface area contributed by atoms with Crippen molar-refractivity contribution in [3.8, 4) is 5.75 Å². The first kappa shape index (κ1) is 17.3. The van der Waals surface area contributed by atoms with Crippen LogP contribution in [0.4, 0.5) is 5.95 Å². The van der Waals surface area contributed by atoms with Crippen molar-refractivity contribution in [2.45, 2.75) is 13.5 Å². The zero-order chi connectivity index (χ0) is 17.8. The van der Waals surface area contributed by atoms with Crippen molar-refractivity contribution in [2.24, 2.45) is 5.10 Å². The summed E-state index contributed by atoms with van der Waals surface area (Å²) in [5.74, 6) is 1.02. The minimum Gasteiger partial charge on any atom is -0.488 e. The van der Waals surface area contributed by atoms with Gasteiger partial charge in [0.05, 0.1) is 18.1 Å². The zero-order valence-electron chi connectivity index (χ0n) is 13.5. The number of hydrogen-bond acceptors (Lipinski definition) is 4. The van der Waals surface area contributed by atoms with Crippen molar-refractivity contribution >= 4 is 35.4 Å². The third-order valence-corrected chi connectivity index (χ3v) is 4.06.